The van der Waals surface area contributed by atoms with Crippen LogP contribution in [-0.2, 0) is 11.2 Å². The van der Waals surface area contributed by atoms with Crippen LogP contribution in [0.15, 0.2) is 24.3 Å². The SMILES string of the molecule is O=C(Cc1cccc(O)c1)NCCN1CCNCC1. The molecule has 1 heterocycles. The maximum atomic E-state index is 11.7. The molecule has 0 bridgehead atoms. The van der Waals surface area contributed by atoms with E-state index in [2.05, 4.69) is 15.5 Å². The summed E-state index contributed by atoms with van der Waals surface area (Å²) >= 11 is 0. The number of amides is 1. The molecule has 0 unspecified atom stereocenters. The molecule has 1 fully saturated rings. The normalized spacial score (nSPS) is 16.2. The van der Waals surface area contributed by atoms with E-state index in [0.717, 1.165) is 38.3 Å². The van der Waals surface area contributed by atoms with Crippen molar-refractivity contribution >= 4 is 5.91 Å². The van der Waals surface area contributed by atoms with Crippen LogP contribution in [0, 0.1) is 0 Å². The van der Waals surface area contributed by atoms with Gasteiger partial charge in [0.15, 0.2) is 0 Å². The molecule has 0 atom stereocenters. The Morgan fingerprint density at radius 1 is 1.37 bits per heavy atom. The number of hydrogen-bond acceptors (Lipinski definition) is 4. The van der Waals surface area contributed by atoms with E-state index in [1.54, 1.807) is 18.2 Å². The van der Waals surface area contributed by atoms with Gasteiger partial charge in [0.05, 0.1) is 6.42 Å². The average Bonchev–Trinajstić information content (AvgIpc) is 2.40. The molecular weight excluding hydrogens is 242 g/mol. The zero-order chi connectivity index (χ0) is 13.5. The van der Waals surface area contributed by atoms with Crippen LogP contribution < -0.4 is 10.6 Å². The number of nitrogens with one attached hydrogen (secondary N) is 2. The summed E-state index contributed by atoms with van der Waals surface area (Å²) in [5.74, 6) is 0.201. The molecule has 1 aromatic carbocycles. The third-order valence-corrected chi connectivity index (χ3v) is 3.24. The van der Waals surface area contributed by atoms with E-state index < -0.39 is 0 Å². The molecule has 5 heteroatoms. The molecular formula is C14H21N3O2. The second kappa shape index (κ2) is 7.11. The lowest BCUT2D eigenvalue weighted by molar-refractivity contribution is -0.120. The lowest BCUT2D eigenvalue weighted by Gasteiger charge is -2.27. The molecule has 1 saturated heterocycles. The van der Waals surface area contributed by atoms with Gasteiger partial charge >= 0.3 is 0 Å². The quantitative estimate of drug-likeness (QED) is 0.697. The first-order valence-electron chi connectivity index (χ1n) is 6.72. The lowest BCUT2D eigenvalue weighted by Crippen LogP contribution is -2.46. The van der Waals surface area contributed by atoms with Gasteiger partial charge in [0, 0.05) is 39.3 Å². The molecule has 1 aliphatic rings. The first kappa shape index (κ1) is 13.8. The summed E-state index contributed by atoms with van der Waals surface area (Å²) in [6.45, 7) is 5.71. The minimum atomic E-state index is 0.000680. The van der Waals surface area contributed by atoms with Gasteiger partial charge in [-0.1, -0.05) is 12.1 Å². The molecule has 1 aliphatic heterocycles. The summed E-state index contributed by atoms with van der Waals surface area (Å²) in [5, 5.41) is 15.5. The Bertz CT molecular complexity index is 417. The number of carbonyl (C=O) groups excluding carboxylic acids is 1. The van der Waals surface area contributed by atoms with Crippen molar-refractivity contribution in [1.82, 2.24) is 15.5 Å². The van der Waals surface area contributed by atoms with Crippen molar-refractivity contribution in [2.75, 3.05) is 39.3 Å². The summed E-state index contributed by atoms with van der Waals surface area (Å²) in [6, 6.07) is 6.82. The Morgan fingerprint density at radius 2 is 2.16 bits per heavy atom. The van der Waals surface area contributed by atoms with Crippen molar-refractivity contribution < 1.29 is 9.90 Å². The van der Waals surface area contributed by atoms with Gasteiger partial charge in [-0.3, -0.25) is 9.69 Å². The topological polar surface area (TPSA) is 64.6 Å². The van der Waals surface area contributed by atoms with Gasteiger partial charge < -0.3 is 15.7 Å². The molecule has 3 N–H and O–H groups in total. The molecule has 5 nitrogen and oxygen atoms in total. The van der Waals surface area contributed by atoms with Crippen LogP contribution in [0.25, 0.3) is 0 Å². The smallest absolute Gasteiger partial charge is 0.224 e. The Balaban J connectivity index is 1.67. The second-order valence-electron chi connectivity index (χ2n) is 4.79. The number of phenolic OH excluding ortho intramolecular Hbond substituents is 1. The highest BCUT2D eigenvalue weighted by Gasteiger charge is 2.09. The predicted octanol–water partition coefficient (Wildman–Crippen LogP) is -0.0439. The number of nitrogens with zero attached hydrogens (tertiary/aromatic N) is 1. The molecule has 1 aromatic rings. The highest BCUT2D eigenvalue weighted by Crippen LogP contribution is 2.11. The van der Waals surface area contributed by atoms with E-state index in [0.29, 0.717) is 13.0 Å². The largest absolute Gasteiger partial charge is 0.508 e. The second-order valence-corrected chi connectivity index (χ2v) is 4.79. The highest BCUT2D eigenvalue weighted by molar-refractivity contribution is 5.78. The number of hydrogen-bond donors (Lipinski definition) is 3. The molecule has 0 aliphatic carbocycles. The van der Waals surface area contributed by atoms with Crippen molar-refractivity contribution in [1.29, 1.82) is 0 Å². The first-order chi connectivity index (χ1) is 9.24. The standard InChI is InChI=1S/C14H21N3O2/c18-13-3-1-2-12(10-13)11-14(19)16-6-9-17-7-4-15-5-8-17/h1-3,10,15,18H,4-9,11H2,(H,16,19). The minimum absolute atomic E-state index is 0.000680. The Morgan fingerprint density at radius 3 is 2.89 bits per heavy atom. The minimum Gasteiger partial charge on any atom is -0.508 e. The fourth-order valence-electron chi connectivity index (χ4n) is 2.20. The summed E-state index contributed by atoms with van der Waals surface area (Å²) in [4.78, 5) is 14.1. The van der Waals surface area contributed by atoms with E-state index in [4.69, 9.17) is 0 Å². The number of benzene rings is 1. The third-order valence-electron chi connectivity index (χ3n) is 3.24. The average molecular weight is 263 g/mol. The molecule has 2 rings (SSSR count). The monoisotopic (exact) mass is 263 g/mol. The molecule has 0 radical (unpaired) electrons. The third kappa shape index (κ3) is 4.89. The van der Waals surface area contributed by atoms with E-state index in [9.17, 15) is 9.90 Å². The van der Waals surface area contributed by atoms with Crippen LogP contribution in [0.5, 0.6) is 5.75 Å². The van der Waals surface area contributed by atoms with Crippen LogP contribution in [0.3, 0.4) is 0 Å². The van der Waals surface area contributed by atoms with Gasteiger partial charge in [0.1, 0.15) is 5.75 Å². The van der Waals surface area contributed by atoms with E-state index in [-0.39, 0.29) is 11.7 Å². The summed E-state index contributed by atoms with van der Waals surface area (Å²) in [7, 11) is 0. The van der Waals surface area contributed by atoms with Gasteiger partial charge in [0.25, 0.3) is 0 Å². The number of phenols is 1. The number of piperazine rings is 1. The van der Waals surface area contributed by atoms with Gasteiger partial charge in [-0.25, -0.2) is 0 Å². The number of rotatable bonds is 5. The molecule has 19 heavy (non-hydrogen) atoms. The summed E-state index contributed by atoms with van der Waals surface area (Å²) < 4.78 is 0. The molecule has 0 saturated carbocycles. The van der Waals surface area contributed by atoms with Gasteiger partial charge in [-0.05, 0) is 17.7 Å². The van der Waals surface area contributed by atoms with Gasteiger partial charge in [-0.2, -0.15) is 0 Å². The van der Waals surface area contributed by atoms with Gasteiger partial charge in [-0.15, -0.1) is 0 Å². The van der Waals surface area contributed by atoms with Crippen molar-refractivity contribution in [3.8, 4) is 5.75 Å². The fourth-order valence-corrected chi connectivity index (χ4v) is 2.20. The van der Waals surface area contributed by atoms with Crippen molar-refractivity contribution in [2.45, 2.75) is 6.42 Å². The van der Waals surface area contributed by atoms with Crippen LogP contribution in [0.1, 0.15) is 5.56 Å². The number of aromatic hydroxyl groups is 1. The van der Waals surface area contributed by atoms with Crippen molar-refractivity contribution in [3.05, 3.63) is 29.8 Å². The molecule has 1 amide bonds. The summed E-state index contributed by atoms with van der Waals surface area (Å²) in [6.07, 6.45) is 0.315. The zero-order valence-corrected chi connectivity index (χ0v) is 11.1. The number of carbonyl (C=O) groups is 1. The van der Waals surface area contributed by atoms with Crippen molar-refractivity contribution in [3.63, 3.8) is 0 Å². The van der Waals surface area contributed by atoms with Crippen molar-refractivity contribution in [2.24, 2.45) is 0 Å². The van der Waals surface area contributed by atoms with Crippen LogP contribution in [0.2, 0.25) is 0 Å². The summed E-state index contributed by atoms with van der Waals surface area (Å²) in [5.41, 5.74) is 0.833. The Kier molecular flexibility index (Phi) is 5.18. The molecule has 0 spiro atoms. The van der Waals surface area contributed by atoms with Crippen LogP contribution in [0.4, 0.5) is 0 Å². The van der Waals surface area contributed by atoms with E-state index in [1.165, 1.54) is 0 Å². The molecule has 0 aromatic heterocycles. The maximum absolute atomic E-state index is 11.7. The highest BCUT2D eigenvalue weighted by atomic mass is 16.3. The van der Waals surface area contributed by atoms with Gasteiger partial charge in [0.2, 0.25) is 5.91 Å². The lowest BCUT2D eigenvalue weighted by atomic mass is 10.1. The predicted molar refractivity (Wildman–Crippen MR) is 74.1 cm³/mol. The van der Waals surface area contributed by atoms with Crippen LogP contribution in [-0.4, -0.2) is 55.2 Å². The zero-order valence-electron chi connectivity index (χ0n) is 11.1. The van der Waals surface area contributed by atoms with E-state index >= 15 is 0 Å². The first-order valence-corrected chi connectivity index (χ1v) is 6.72. The van der Waals surface area contributed by atoms with E-state index in [1.807, 2.05) is 6.07 Å². The Hall–Kier alpha value is -1.59. The fraction of sp³-hybridized carbons (Fsp3) is 0.500. The molecule has 104 valence electrons. The van der Waals surface area contributed by atoms with Crippen LogP contribution >= 0.6 is 0 Å². The maximum Gasteiger partial charge on any atom is 0.224 e. The Labute approximate surface area is 113 Å².